The summed E-state index contributed by atoms with van der Waals surface area (Å²) < 4.78 is 1.90. The summed E-state index contributed by atoms with van der Waals surface area (Å²) >= 11 is 1.83. The predicted molar refractivity (Wildman–Crippen MR) is 80.7 cm³/mol. The summed E-state index contributed by atoms with van der Waals surface area (Å²) in [5.41, 5.74) is 2.37. The predicted octanol–water partition coefficient (Wildman–Crippen LogP) is 3.99. The molecule has 0 atom stereocenters. The van der Waals surface area contributed by atoms with Crippen LogP contribution in [0.3, 0.4) is 0 Å². The molecule has 19 heavy (non-hydrogen) atoms. The molecule has 0 bridgehead atoms. The fourth-order valence-corrected chi connectivity index (χ4v) is 2.81. The topological polar surface area (TPSA) is 38.1 Å². The van der Waals surface area contributed by atoms with Gasteiger partial charge in [-0.25, -0.2) is 0 Å². The Balaban J connectivity index is 2.30. The summed E-state index contributed by atoms with van der Waals surface area (Å²) in [6, 6.07) is 8.18. The average molecular weight is 276 g/mol. The first kappa shape index (κ1) is 14.0. The minimum absolute atomic E-state index is 0.200. The molecule has 0 aliphatic heterocycles. The van der Waals surface area contributed by atoms with Crippen molar-refractivity contribution in [3.8, 4) is 17.0 Å². The van der Waals surface area contributed by atoms with Crippen LogP contribution in [-0.4, -0.2) is 19.6 Å². The van der Waals surface area contributed by atoms with Gasteiger partial charge in [-0.1, -0.05) is 32.9 Å². The third-order valence-electron chi connectivity index (χ3n) is 2.85. The van der Waals surface area contributed by atoms with Gasteiger partial charge in [-0.2, -0.15) is 5.10 Å². The number of nitrogens with zero attached hydrogens (tertiary/aromatic N) is 2. The SMILES string of the molecule is Cc1c(O)c(-c2ccc(SC(C)(C)C)cc2)nn1C. The highest BCUT2D eigenvalue weighted by Crippen LogP contribution is 2.35. The third-order valence-corrected chi connectivity index (χ3v) is 3.97. The van der Waals surface area contributed by atoms with Crippen LogP contribution in [0.2, 0.25) is 0 Å². The van der Waals surface area contributed by atoms with Gasteiger partial charge in [-0.05, 0) is 19.1 Å². The molecule has 1 heterocycles. The van der Waals surface area contributed by atoms with Crippen LogP contribution >= 0.6 is 11.8 Å². The molecule has 0 fully saturated rings. The second kappa shape index (κ2) is 4.93. The van der Waals surface area contributed by atoms with Crippen LogP contribution in [0.25, 0.3) is 11.3 Å². The molecule has 102 valence electrons. The van der Waals surface area contributed by atoms with Gasteiger partial charge in [0.05, 0.1) is 5.69 Å². The number of thioether (sulfide) groups is 1. The number of benzene rings is 1. The molecule has 0 amide bonds. The molecule has 1 aromatic carbocycles. The molecule has 0 aliphatic carbocycles. The zero-order valence-corrected chi connectivity index (χ0v) is 12.9. The molecule has 3 nitrogen and oxygen atoms in total. The molecule has 0 radical (unpaired) electrons. The van der Waals surface area contributed by atoms with E-state index in [0.717, 1.165) is 11.3 Å². The lowest BCUT2D eigenvalue weighted by molar-refractivity contribution is 0.471. The van der Waals surface area contributed by atoms with E-state index in [1.54, 1.807) is 4.68 Å². The van der Waals surface area contributed by atoms with Crippen molar-refractivity contribution in [2.45, 2.75) is 37.3 Å². The Kier molecular flexibility index (Phi) is 3.63. The van der Waals surface area contributed by atoms with Crippen LogP contribution in [-0.2, 0) is 7.05 Å². The van der Waals surface area contributed by atoms with Crippen molar-refractivity contribution in [3.05, 3.63) is 30.0 Å². The van der Waals surface area contributed by atoms with E-state index in [4.69, 9.17) is 0 Å². The average Bonchev–Trinajstić information content (AvgIpc) is 2.56. The Morgan fingerprint density at radius 1 is 1.16 bits per heavy atom. The first-order chi connectivity index (χ1) is 8.78. The summed E-state index contributed by atoms with van der Waals surface area (Å²) in [7, 11) is 1.84. The highest BCUT2D eigenvalue weighted by Gasteiger charge is 2.15. The normalized spacial score (nSPS) is 11.8. The summed E-state index contributed by atoms with van der Waals surface area (Å²) in [6.07, 6.45) is 0. The molecule has 1 N–H and O–H groups in total. The number of hydrogen-bond acceptors (Lipinski definition) is 3. The van der Waals surface area contributed by atoms with Gasteiger partial charge in [0.2, 0.25) is 0 Å². The smallest absolute Gasteiger partial charge is 0.164 e. The number of hydrogen-bond donors (Lipinski definition) is 1. The van der Waals surface area contributed by atoms with Gasteiger partial charge >= 0.3 is 0 Å². The van der Waals surface area contributed by atoms with E-state index >= 15 is 0 Å². The van der Waals surface area contributed by atoms with Crippen molar-refractivity contribution < 1.29 is 5.11 Å². The molecule has 0 saturated heterocycles. The zero-order valence-electron chi connectivity index (χ0n) is 12.1. The molecule has 2 rings (SSSR count). The lowest BCUT2D eigenvalue weighted by Crippen LogP contribution is -2.06. The zero-order chi connectivity index (χ0) is 14.2. The minimum atomic E-state index is 0.200. The summed E-state index contributed by atoms with van der Waals surface area (Å²) in [4.78, 5) is 1.23. The Hall–Kier alpha value is -1.42. The summed E-state index contributed by atoms with van der Waals surface area (Å²) in [6.45, 7) is 8.44. The van der Waals surface area contributed by atoms with E-state index in [1.165, 1.54) is 4.90 Å². The second-order valence-electron chi connectivity index (χ2n) is 5.65. The van der Waals surface area contributed by atoms with Crippen LogP contribution in [0.1, 0.15) is 26.5 Å². The van der Waals surface area contributed by atoms with Crippen molar-refractivity contribution in [2.75, 3.05) is 0 Å². The quantitative estimate of drug-likeness (QED) is 0.843. The Bertz CT molecular complexity index is 579. The second-order valence-corrected chi connectivity index (χ2v) is 7.55. The molecule has 0 aliphatic rings. The van der Waals surface area contributed by atoms with Gasteiger partial charge in [-0.3, -0.25) is 4.68 Å². The Morgan fingerprint density at radius 3 is 2.16 bits per heavy atom. The molecule has 0 unspecified atom stereocenters. The molecular weight excluding hydrogens is 256 g/mol. The van der Waals surface area contributed by atoms with Gasteiger partial charge in [0.15, 0.2) is 5.75 Å². The Morgan fingerprint density at radius 2 is 1.74 bits per heavy atom. The number of aromatic nitrogens is 2. The maximum atomic E-state index is 10.0. The maximum absolute atomic E-state index is 10.0. The van der Waals surface area contributed by atoms with Crippen molar-refractivity contribution in [2.24, 2.45) is 7.05 Å². The first-order valence-electron chi connectivity index (χ1n) is 6.30. The van der Waals surface area contributed by atoms with E-state index in [1.807, 2.05) is 37.9 Å². The van der Waals surface area contributed by atoms with Crippen LogP contribution in [0.4, 0.5) is 0 Å². The standard InChI is InChI=1S/C15H20N2OS/c1-10-14(18)13(16-17(10)5)11-6-8-12(9-7-11)19-15(2,3)4/h6-9,18H,1-5H3. The van der Waals surface area contributed by atoms with Crippen molar-refractivity contribution >= 4 is 11.8 Å². The number of aryl methyl sites for hydroxylation is 1. The van der Waals surface area contributed by atoms with E-state index in [9.17, 15) is 5.11 Å². The van der Waals surface area contributed by atoms with Crippen molar-refractivity contribution in [1.82, 2.24) is 9.78 Å². The Labute approximate surface area is 118 Å². The number of aromatic hydroxyl groups is 1. The first-order valence-corrected chi connectivity index (χ1v) is 7.11. The number of rotatable bonds is 2. The van der Waals surface area contributed by atoms with Crippen molar-refractivity contribution in [1.29, 1.82) is 0 Å². The molecule has 2 aromatic rings. The monoisotopic (exact) mass is 276 g/mol. The van der Waals surface area contributed by atoms with Crippen LogP contribution < -0.4 is 0 Å². The van der Waals surface area contributed by atoms with E-state index in [0.29, 0.717) is 5.69 Å². The van der Waals surface area contributed by atoms with Gasteiger partial charge in [0.25, 0.3) is 0 Å². The maximum Gasteiger partial charge on any atom is 0.164 e. The lowest BCUT2D eigenvalue weighted by atomic mass is 10.1. The molecule has 1 aromatic heterocycles. The largest absolute Gasteiger partial charge is 0.504 e. The van der Waals surface area contributed by atoms with Crippen molar-refractivity contribution in [3.63, 3.8) is 0 Å². The lowest BCUT2D eigenvalue weighted by Gasteiger charge is -2.17. The fourth-order valence-electron chi connectivity index (χ4n) is 1.83. The molecule has 0 saturated carbocycles. The van der Waals surface area contributed by atoms with Gasteiger partial charge in [0, 0.05) is 22.3 Å². The highest BCUT2D eigenvalue weighted by molar-refractivity contribution is 8.00. The van der Waals surface area contributed by atoms with Crippen LogP contribution in [0.15, 0.2) is 29.2 Å². The fraction of sp³-hybridized carbons (Fsp3) is 0.400. The highest BCUT2D eigenvalue weighted by atomic mass is 32.2. The summed E-state index contributed by atoms with van der Waals surface area (Å²) in [5.74, 6) is 0.263. The van der Waals surface area contributed by atoms with Gasteiger partial charge in [-0.15, -0.1) is 11.8 Å². The van der Waals surface area contributed by atoms with Gasteiger partial charge < -0.3 is 5.11 Å². The summed E-state index contributed by atoms with van der Waals surface area (Å²) in [5, 5.41) is 14.4. The van der Waals surface area contributed by atoms with E-state index in [-0.39, 0.29) is 10.5 Å². The molecule has 0 spiro atoms. The van der Waals surface area contributed by atoms with E-state index < -0.39 is 0 Å². The van der Waals surface area contributed by atoms with Gasteiger partial charge in [0.1, 0.15) is 5.69 Å². The van der Waals surface area contributed by atoms with Crippen LogP contribution in [0.5, 0.6) is 5.75 Å². The van der Waals surface area contributed by atoms with Crippen LogP contribution in [0, 0.1) is 6.92 Å². The third kappa shape index (κ3) is 3.13. The van der Waals surface area contributed by atoms with E-state index in [2.05, 4.69) is 38.0 Å². The molecule has 4 heteroatoms. The minimum Gasteiger partial charge on any atom is -0.504 e. The molecular formula is C15H20N2OS.